The fourth-order valence-electron chi connectivity index (χ4n) is 3.32. The average Bonchev–Trinajstić information content (AvgIpc) is 2.60. The van der Waals surface area contributed by atoms with Crippen LogP contribution in [-0.4, -0.2) is 13.4 Å². The lowest BCUT2D eigenvalue weighted by Crippen LogP contribution is -2.01. The molecular formula is C20H21NO2S. The van der Waals surface area contributed by atoms with E-state index in [2.05, 4.69) is 43.1 Å². The van der Waals surface area contributed by atoms with Gasteiger partial charge in [0, 0.05) is 11.3 Å². The van der Waals surface area contributed by atoms with Crippen molar-refractivity contribution in [3.8, 4) is 0 Å². The number of hydrogen-bond donors (Lipinski definition) is 1. The molecule has 0 spiro atoms. The third-order valence-electron chi connectivity index (χ3n) is 4.64. The van der Waals surface area contributed by atoms with E-state index in [1.165, 1.54) is 11.1 Å². The molecule has 1 unspecified atom stereocenters. The summed E-state index contributed by atoms with van der Waals surface area (Å²) in [6.45, 7) is 6.25. The largest absolute Gasteiger partial charge is 0.342 e. The number of aromatic amines is 1. The predicted molar refractivity (Wildman–Crippen MR) is 98.5 cm³/mol. The molecule has 0 saturated carbocycles. The molecule has 1 N–H and O–H groups in total. The first kappa shape index (κ1) is 16.5. The zero-order valence-electron chi connectivity index (χ0n) is 14.1. The van der Waals surface area contributed by atoms with Gasteiger partial charge in [-0.1, -0.05) is 56.3 Å². The number of fused-ring (bicyclic) bond motifs is 1. The van der Waals surface area contributed by atoms with E-state index in [9.17, 15) is 8.42 Å². The second kappa shape index (κ2) is 6.65. The highest BCUT2D eigenvalue weighted by Crippen LogP contribution is 2.33. The Morgan fingerprint density at radius 2 is 1.79 bits per heavy atom. The molecule has 1 aromatic heterocycles. The smallest absolute Gasteiger partial charge is 0.238 e. The molecule has 3 rings (SSSR count). The highest BCUT2D eigenvalue weighted by molar-refractivity contribution is 7.63. The summed E-state index contributed by atoms with van der Waals surface area (Å²) in [5.41, 5.74) is 5.50. The number of aromatic nitrogens is 1. The maximum atomic E-state index is 11.4. The van der Waals surface area contributed by atoms with Crippen molar-refractivity contribution in [2.45, 2.75) is 33.1 Å². The summed E-state index contributed by atoms with van der Waals surface area (Å²) in [5, 5.41) is 1.12. The van der Waals surface area contributed by atoms with Gasteiger partial charge < -0.3 is 4.98 Å². The first-order chi connectivity index (χ1) is 11.5. The number of hydrogen-bond acceptors (Lipinski definition) is 2. The van der Waals surface area contributed by atoms with Gasteiger partial charge in [-0.05, 0) is 41.7 Å². The van der Waals surface area contributed by atoms with Crippen LogP contribution in [-0.2, 0) is 16.7 Å². The van der Waals surface area contributed by atoms with Crippen LogP contribution in [0.5, 0.6) is 0 Å². The molecule has 3 nitrogen and oxygen atoms in total. The quantitative estimate of drug-likeness (QED) is 0.709. The Hall–Kier alpha value is -2.33. The molecule has 0 aliphatic heterocycles. The highest BCUT2D eigenvalue weighted by Gasteiger charge is 2.15. The molecule has 0 aliphatic rings. The van der Waals surface area contributed by atoms with E-state index in [0.29, 0.717) is 0 Å². The van der Waals surface area contributed by atoms with E-state index in [-0.39, 0.29) is 10.6 Å². The molecule has 4 heteroatoms. The van der Waals surface area contributed by atoms with E-state index >= 15 is 0 Å². The van der Waals surface area contributed by atoms with Gasteiger partial charge in [-0.25, -0.2) is 0 Å². The fraction of sp³-hybridized carbons (Fsp3) is 0.250. The van der Waals surface area contributed by atoms with Crippen LogP contribution < -0.4 is 0 Å². The molecular weight excluding hydrogens is 318 g/mol. The van der Waals surface area contributed by atoms with Crippen LogP contribution in [0, 0.1) is 11.6 Å². The molecule has 0 saturated heterocycles. The van der Waals surface area contributed by atoms with Crippen molar-refractivity contribution in [1.82, 2.24) is 4.98 Å². The van der Waals surface area contributed by atoms with E-state index in [1.54, 1.807) is 6.07 Å². The van der Waals surface area contributed by atoms with Gasteiger partial charge in [-0.3, -0.25) is 0 Å². The average molecular weight is 339 g/mol. The van der Waals surface area contributed by atoms with Gasteiger partial charge in [0.25, 0.3) is 0 Å². The second-order valence-electron chi connectivity index (χ2n) is 6.10. The van der Waals surface area contributed by atoms with Crippen molar-refractivity contribution in [2.75, 3.05) is 0 Å². The summed E-state index contributed by atoms with van der Waals surface area (Å²) in [6, 6.07) is 16.4. The molecule has 24 heavy (non-hydrogen) atoms. The third kappa shape index (κ3) is 2.89. The van der Waals surface area contributed by atoms with Crippen LogP contribution in [0.15, 0.2) is 48.5 Å². The number of pyridine rings is 1. The Bertz CT molecular complexity index is 1060. The zero-order valence-corrected chi connectivity index (χ0v) is 14.9. The van der Waals surface area contributed by atoms with Gasteiger partial charge in [0.2, 0.25) is 10.3 Å². The molecule has 1 atom stereocenters. The van der Waals surface area contributed by atoms with Crippen LogP contribution in [0.4, 0.5) is 0 Å². The van der Waals surface area contributed by atoms with Gasteiger partial charge in [0.05, 0.1) is 5.52 Å². The van der Waals surface area contributed by atoms with Crippen LogP contribution in [0.25, 0.3) is 10.9 Å². The lowest BCUT2D eigenvalue weighted by atomic mass is 9.87. The van der Waals surface area contributed by atoms with Crippen LogP contribution in [0.2, 0.25) is 0 Å². The predicted octanol–water partition coefficient (Wildman–Crippen LogP) is 4.60. The Morgan fingerprint density at radius 3 is 2.42 bits per heavy atom. The Balaban J connectivity index is 2.37. The van der Waals surface area contributed by atoms with E-state index in [4.69, 9.17) is 0 Å². The molecule has 0 bridgehead atoms. The number of nitrogens with one attached hydrogen (secondary N) is 1. The normalized spacial score (nSPS) is 12.3. The Morgan fingerprint density at radius 1 is 1.08 bits per heavy atom. The molecule has 3 aromatic rings. The summed E-state index contributed by atoms with van der Waals surface area (Å²) in [7, 11) is -2.26. The number of rotatable bonds is 3. The molecule has 2 aromatic carbocycles. The van der Waals surface area contributed by atoms with Crippen molar-refractivity contribution in [3.63, 3.8) is 0 Å². The first-order valence-corrected chi connectivity index (χ1v) is 9.23. The minimum Gasteiger partial charge on any atom is -0.342 e. The highest BCUT2D eigenvalue weighted by atomic mass is 32.2. The molecule has 0 amide bonds. The maximum Gasteiger partial charge on any atom is 0.238 e. The van der Waals surface area contributed by atoms with Crippen molar-refractivity contribution in [1.29, 1.82) is 0 Å². The first-order valence-electron chi connectivity index (χ1n) is 8.15. The summed E-state index contributed by atoms with van der Waals surface area (Å²) in [4.78, 5) is 3.12. The SMILES string of the molecule is CCc1ccc(C(C)c2ccccc2)c2c(C)cc(=S(=O)=O)[nH]c12. The van der Waals surface area contributed by atoms with E-state index in [1.807, 2.05) is 25.1 Å². The van der Waals surface area contributed by atoms with Gasteiger partial charge in [0.1, 0.15) is 0 Å². The fourth-order valence-corrected chi connectivity index (χ4v) is 3.78. The topological polar surface area (TPSA) is 49.9 Å². The molecule has 0 radical (unpaired) electrons. The zero-order chi connectivity index (χ0) is 17.3. The molecule has 124 valence electrons. The van der Waals surface area contributed by atoms with Crippen molar-refractivity contribution in [2.24, 2.45) is 0 Å². The lowest BCUT2D eigenvalue weighted by molar-refractivity contribution is 0.624. The summed E-state index contributed by atoms with van der Waals surface area (Å²) in [6.07, 6.45) is 0.849. The summed E-state index contributed by atoms with van der Waals surface area (Å²) >= 11 is 0. The maximum absolute atomic E-state index is 11.4. The van der Waals surface area contributed by atoms with Gasteiger partial charge >= 0.3 is 0 Å². The van der Waals surface area contributed by atoms with Crippen LogP contribution in [0.3, 0.4) is 0 Å². The minimum atomic E-state index is -2.26. The van der Waals surface area contributed by atoms with Gasteiger partial charge in [0.15, 0.2) is 4.64 Å². The standard InChI is InChI=1S/C20H21NO2S/c1-4-15-10-11-17(14(3)16-8-6-5-7-9-16)19-13(2)12-18(24(22)23)21-20(15)19/h5-12,14,21H,4H2,1-3H3. The summed E-state index contributed by atoms with van der Waals surface area (Å²) in [5.74, 6) is 0.232. The molecule has 0 fully saturated rings. The Kier molecular flexibility index (Phi) is 4.58. The summed E-state index contributed by atoms with van der Waals surface area (Å²) < 4.78 is 23.0. The third-order valence-corrected chi connectivity index (χ3v) is 5.22. The minimum absolute atomic E-state index is 0.232. The molecule has 0 aliphatic carbocycles. The van der Waals surface area contributed by atoms with E-state index < -0.39 is 10.3 Å². The van der Waals surface area contributed by atoms with Crippen molar-refractivity contribution >= 4 is 21.2 Å². The van der Waals surface area contributed by atoms with Gasteiger partial charge in [-0.2, -0.15) is 8.42 Å². The van der Waals surface area contributed by atoms with Crippen LogP contribution in [0.1, 0.15) is 42.0 Å². The number of benzene rings is 2. The molecule has 1 heterocycles. The van der Waals surface area contributed by atoms with E-state index in [0.717, 1.165) is 28.5 Å². The van der Waals surface area contributed by atoms with Crippen molar-refractivity contribution in [3.05, 3.63) is 75.4 Å². The Labute approximate surface area is 143 Å². The van der Waals surface area contributed by atoms with Crippen LogP contribution >= 0.6 is 0 Å². The number of aryl methyl sites for hydroxylation is 2. The number of H-pyrrole nitrogens is 1. The van der Waals surface area contributed by atoms with Crippen molar-refractivity contribution < 1.29 is 8.42 Å². The second-order valence-corrected chi connectivity index (χ2v) is 7.01. The lowest BCUT2D eigenvalue weighted by Gasteiger charge is -2.18. The van der Waals surface area contributed by atoms with Gasteiger partial charge in [-0.15, -0.1) is 0 Å². The monoisotopic (exact) mass is 339 g/mol.